The van der Waals surface area contributed by atoms with Gasteiger partial charge in [0.25, 0.3) is 0 Å². The fraction of sp³-hybridized carbons (Fsp3) is 0.412. The normalized spacial score (nSPS) is 15.7. The van der Waals surface area contributed by atoms with Crippen molar-refractivity contribution in [2.24, 2.45) is 5.92 Å². The van der Waals surface area contributed by atoms with Gasteiger partial charge in [0.1, 0.15) is 5.76 Å². The molecule has 1 saturated heterocycles. The van der Waals surface area contributed by atoms with E-state index in [1.54, 1.807) is 13.0 Å². The highest BCUT2D eigenvalue weighted by molar-refractivity contribution is 5.91. The molecule has 3 N–H and O–H groups in total. The van der Waals surface area contributed by atoms with Gasteiger partial charge in [0, 0.05) is 24.2 Å². The highest BCUT2D eigenvalue weighted by Gasteiger charge is 2.25. The molecule has 0 unspecified atom stereocenters. The molecule has 0 spiro atoms. The minimum atomic E-state index is 0. The second-order valence-electron chi connectivity index (χ2n) is 6.11. The van der Waals surface area contributed by atoms with Gasteiger partial charge in [0.15, 0.2) is 5.82 Å². The summed E-state index contributed by atoms with van der Waals surface area (Å²) in [6, 6.07) is 9.69. The first-order chi connectivity index (χ1) is 11.1. The van der Waals surface area contributed by atoms with E-state index in [9.17, 15) is 4.79 Å². The summed E-state index contributed by atoms with van der Waals surface area (Å²) in [5, 5.41) is 6.63. The van der Waals surface area contributed by atoms with Crippen molar-refractivity contribution in [1.82, 2.24) is 10.1 Å². The van der Waals surface area contributed by atoms with Gasteiger partial charge in [-0.2, -0.15) is 0 Å². The van der Waals surface area contributed by atoms with Gasteiger partial charge in [-0.05, 0) is 50.6 Å². The molecule has 1 aromatic heterocycles. The smallest absolute Gasteiger partial charge is 0.228 e. The third-order valence-electron chi connectivity index (χ3n) is 4.19. The predicted octanol–water partition coefficient (Wildman–Crippen LogP) is 2.84. The van der Waals surface area contributed by atoms with Crippen LogP contribution in [0.1, 0.15) is 24.2 Å². The van der Waals surface area contributed by atoms with Crippen molar-refractivity contribution in [3.63, 3.8) is 0 Å². The van der Waals surface area contributed by atoms with E-state index in [0.29, 0.717) is 11.6 Å². The van der Waals surface area contributed by atoms with Gasteiger partial charge >= 0.3 is 0 Å². The number of nitrogens with one attached hydrogen (secondary N) is 1. The Bertz CT molecular complexity index is 681. The second-order valence-corrected chi connectivity index (χ2v) is 6.11. The quantitative estimate of drug-likeness (QED) is 0.828. The van der Waals surface area contributed by atoms with Crippen molar-refractivity contribution in [2.45, 2.75) is 26.3 Å². The number of likely N-dealkylation sites (tertiary alicyclic amines) is 1. The number of aryl methyl sites for hydroxylation is 1. The van der Waals surface area contributed by atoms with E-state index in [-0.39, 0.29) is 24.2 Å². The molecule has 2 aromatic rings. The molecule has 7 heteroatoms. The van der Waals surface area contributed by atoms with Crippen LogP contribution in [0.3, 0.4) is 0 Å². The van der Waals surface area contributed by atoms with E-state index in [1.165, 1.54) is 5.56 Å². The van der Waals surface area contributed by atoms with E-state index in [1.807, 2.05) is 18.2 Å². The fourth-order valence-electron chi connectivity index (χ4n) is 2.96. The monoisotopic (exact) mass is 350 g/mol. The Labute approximate surface area is 147 Å². The number of nitrogens with two attached hydrogens (primary N) is 1. The third-order valence-corrected chi connectivity index (χ3v) is 4.19. The van der Waals surface area contributed by atoms with Gasteiger partial charge in [-0.1, -0.05) is 17.3 Å². The molecule has 1 aromatic carbocycles. The van der Waals surface area contributed by atoms with Crippen molar-refractivity contribution in [1.29, 1.82) is 0 Å². The van der Waals surface area contributed by atoms with Crippen LogP contribution in [0, 0.1) is 12.8 Å². The Morgan fingerprint density at radius 2 is 2.12 bits per heavy atom. The number of nitrogen functional groups attached to an aromatic ring is 1. The first-order valence-corrected chi connectivity index (χ1v) is 7.91. The number of aromatic nitrogens is 1. The van der Waals surface area contributed by atoms with E-state index in [2.05, 4.69) is 21.4 Å². The van der Waals surface area contributed by atoms with Crippen LogP contribution >= 0.6 is 12.4 Å². The number of rotatable bonds is 4. The number of hydrogen-bond acceptors (Lipinski definition) is 5. The molecule has 24 heavy (non-hydrogen) atoms. The van der Waals surface area contributed by atoms with Gasteiger partial charge in [0.2, 0.25) is 5.91 Å². The summed E-state index contributed by atoms with van der Waals surface area (Å²) in [7, 11) is 0. The average Bonchev–Trinajstić information content (AvgIpc) is 2.93. The lowest BCUT2D eigenvalue weighted by Gasteiger charge is -2.31. The molecule has 0 radical (unpaired) electrons. The van der Waals surface area contributed by atoms with Crippen molar-refractivity contribution in [3.05, 3.63) is 41.7 Å². The molecule has 0 bridgehead atoms. The zero-order valence-electron chi connectivity index (χ0n) is 13.7. The largest absolute Gasteiger partial charge is 0.399 e. The molecule has 1 amide bonds. The maximum Gasteiger partial charge on any atom is 0.228 e. The lowest BCUT2D eigenvalue weighted by Crippen LogP contribution is -2.37. The Kier molecular flexibility index (Phi) is 6.23. The molecule has 1 aliphatic heterocycles. The molecule has 0 atom stereocenters. The van der Waals surface area contributed by atoms with Gasteiger partial charge < -0.3 is 15.6 Å². The number of piperidine rings is 1. The molecular weight excluding hydrogens is 328 g/mol. The van der Waals surface area contributed by atoms with Crippen molar-refractivity contribution >= 4 is 29.8 Å². The first kappa shape index (κ1) is 18.3. The van der Waals surface area contributed by atoms with Crippen LogP contribution in [-0.4, -0.2) is 29.1 Å². The van der Waals surface area contributed by atoms with Crippen LogP contribution in [0.15, 0.2) is 34.9 Å². The Morgan fingerprint density at radius 3 is 2.75 bits per heavy atom. The number of hydrogen-bond donors (Lipinski definition) is 2. The molecule has 0 aliphatic carbocycles. The van der Waals surface area contributed by atoms with E-state index in [0.717, 1.165) is 38.2 Å². The zero-order valence-corrected chi connectivity index (χ0v) is 14.5. The van der Waals surface area contributed by atoms with Gasteiger partial charge in [-0.3, -0.25) is 9.69 Å². The van der Waals surface area contributed by atoms with Crippen LogP contribution in [0.25, 0.3) is 0 Å². The summed E-state index contributed by atoms with van der Waals surface area (Å²) >= 11 is 0. The van der Waals surface area contributed by atoms with Crippen LogP contribution in [0.2, 0.25) is 0 Å². The molecule has 3 rings (SSSR count). The summed E-state index contributed by atoms with van der Waals surface area (Å²) in [6.07, 6.45) is 1.70. The fourth-order valence-corrected chi connectivity index (χ4v) is 2.96. The molecule has 6 nitrogen and oxygen atoms in total. The lowest BCUT2D eigenvalue weighted by atomic mass is 9.95. The van der Waals surface area contributed by atoms with E-state index in [4.69, 9.17) is 10.3 Å². The maximum atomic E-state index is 12.3. The summed E-state index contributed by atoms with van der Waals surface area (Å²) in [5.74, 6) is 1.25. The average molecular weight is 351 g/mol. The van der Waals surface area contributed by atoms with Gasteiger partial charge in [-0.15, -0.1) is 12.4 Å². The highest BCUT2D eigenvalue weighted by Crippen LogP contribution is 2.21. The number of nitrogens with zero attached hydrogens (tertiary/aromatic N) is 2. The maximum absolute atomic E-state index is 12.3. The number of anilines is 2. The summed E-state index contributed by atoms with van der Waals surface area (Å²) in [5.41, 5.74) is 7.82. The minimum Gasteiger partial charge on any atom is -0.399 e. The summed E-state index contributed by atoms with van der Waals surface area (Å²) in [4.78, 5) is 14.6. The number of amides is 1. The molecular formula is C17H23ClN4O2. The van der Waals surface area contributed by atoms with E-state index < -0.39 is 0 Å². The first-order valence-electron chi connectivity index (χ1n) is 7.91. The Balaban J connectivity index is 0.00000208. The van der Waals surface area contributed by atoms with E-state index >= 15 is 0 Å². The molecule has 0 saturated carbocycles. The van der Waals surface area contributed by atoms with Crippen LogP contribution < -0.4 is 11.1 Å². The molecule has 2 heterocycles. The lowest BCUT2D eigenvalue weighted by molar-refractivity contribution is -0.121. The number of halogens is 1. The Morgan fingerprint density at radius 1 is 1.38 bits per heavy atom. The molecule has 1 fully saturated rings. The summed E-state index contributed by atoms with van der Waals surface area (Å²) < 4.78 is 4.96. The standard InChI is InChI=1S/C17H22N4O2.ClH/c1-12-9-16(20-23-12)19-17(22)14-5-7-21(8-6-14)11-13-3-2-4-15(18)10-13;/h2-4,9-10,14H,5-8,11,18H2,1H3,(H,19,20,22);1H. The number of benzene rings is 1. The number of carbonyl (C=O) groups excluding carboxylic acids is 1. The van der Waals surface area contributed by atoms with Crippen molar-refractivity contribution in [2.75, 3.05) is 24.1 Å². The number of carbonyl (C=O) groups is 1. The minimum absolute atomic E-state index is 0. The zero-order chi connectivity index (χ0) is 16.2. The van der Waals surface area contributed by atoms with Crippen LogP contribution in [-0.2, 0) is 11.3 Å². The van der Waals surface area contributed by atoms with Crippen molar-refractivity contribution in [3.8, 4) is 0 Å². The summed E-state index contributed by atoms with van der Waals surface area (Å²) in [6.45, 7) is 4.49. The third kappa shape index (κ3) is 4.72. The molecule has 1 aliphatic rings. The predicted molar refractivity (Wildman–Crippen MR) is 96.0 cm³/mol. The Hall–Kier alpha value is -2.05. The highest BCUT2D eigenvalue weighted by atomic mass is 35.5. The van der Waals surface area contributed by atoms with Crippen molar-refractivity contribution < 1.29 is 9.32 Å². The topological polar surface area (TPSA) is 84.4 Å². The van der Waals surface area contributed by atoms with Gasteiger partial charge in [-0.25, -0.2) is 0 Å². The van der Waals surface area contributed by atoms with Gasteiger partial charge in [0.05, 0.1) is 0 Å². The van der Waals surface area contributed by atoms with Crippen LogP contribution in [0.5, 0.6) is 0 Å². The second kappa shape index (κ2) is 8.17. The molecule has 130 valence electrons. The van der Waals surface area contributed by atoms with Crippen LogP contribution in [0.4, 0.5) is 11.5 Å². The SMILES string of the molecule is Cc1cc(NC(=O)C2CCN(Cc3cccc(N)c3)CC2)no1.Cl.